The molecule has 0 aliphatic heterocycles. The molecule has 22 heavy (non-hydrogen) atoms. The van der Waals surface area contributed by atoms with Gasteiger partial charge in [0.05, 0.1) is 0 Å². The average molecular weight is 328 g/mol. The molecule has 0 unspecified atom stereocenters. The summed E-state index contributed by atoms with van der Waals surface area (Å²) in [5, 5.41) is 0. The zero-order valence-corrected chi connectivity index (χ0v) is 13.8. The summed E-state index contributed by atoms with van der Waals surface area (Å²) in [6, 6.07) is 3.33. The molecule has 0 atom stereocenters. The fourth-order valence-corrected chi connectivity index (χ4v) is 3.59. The van der Waals surface area contributed by atoms with E-state index in [0.29, 0.717) is 6.54 Å². The third-order valence-electron chi connectivity index (χ3n) is 3.35. The van der Waals surface area contributed by atoms with Gasteiger partial charge in [0, 0.05) is 25.2 Å². The quantitative estimate of drug-likeness (QED) is 0.868. The molecule has 1 amide bonds. The molecule has 122 valence electrons. The van der Waals surface area contributed by atoms with Crippen LogP contribution in [0.15, 0.2) is 23.1 Å². The molecule has 0 saturated heterocycles. The molecule has 1 saturated carbocycles. The lowest BCUT2D eigenvalue weighted by atomic mass is 10.1. The molecule has 7 heteroatoms. The number of nitrogens with one attached hydrogen (secondary N) is 1. The summed E-state index contributed by atoms with van der Waals surface area (Å²) in [5.41, 5.74) is 0.167. The summed E-state index contributed by atoms with van der Waals surface area (Å²) in [6.45, 7) is 4.49. The summed E-state index contributed by atoms with van der Waals surface area (Å²) in [6.07, 6.45) is 1.52. The molecule has 1 aliphatic rings. The van der Waals surface area contributed by atoms with Gasteiger partial charge in [-0.2, -0.15) is 0 Å². The fraction of sp³-hybridized carbons (Fsp3) is 0.533. The summed E-state index contributed by atoms with van der Waals surface area (Å²) < 4.78 is 40.6. The normalized spacial score (nSPS) is 15.1. The van der Waals surface area contributed by atoms with Gasteiger partial charge in [0.1, 0.15) is 10.7 Å². The molecule has 2 rings (SSSR count). The fourth-order valence-electron chi connectivity index (χ4n) is 2.18. The number of sulfonamides is 1. The first kappa shape index (κ1) is 16.9. The molecule has 1 aliphatic carbocycles. The zero-order chi connectivity index (χ0) is 16.5. The van der Waals surface area contributed by atoms with Crippen molar-refractivity contribution in [2.75, 3.05) is 13.6 Å². The first-order valence-corrected chi connectivity index (χ1v) is 8.76. The maximum absolute atomic E-state index is 13.9. The minimum atomic E-state index is -3.93. The van der Waals surface area contributed by atoms with Crippen LogP contribution >= 0.6 is 0 Å². The van der Waals surface area contributed by atoms with E-state index in [-0.39, 0.29) is 23.4 Å². The minimum absolute atomic E-state index is 0.118. The van der Waals surface area contributed by atoms with Gasteiger partial charge in [0.2, 0.25) is 10.0 Å². The van der Waals surface area contributed by atoms with Gasteiger partial charge in [-0.05, 0) is 37.0 Å². The van der Waals surface area contributed by atoms with Gasteiger partial charge in [-0.25, -0.2) is 17.5 Å². The van der Waals surface area contributed by atoms with E-state index >= 15 is 0 Å². The average Bonchev–Trinajstić information content (AvgIpc) is 3.20. The Hall–Kier alpha value is -1.47. The van der Waals surface area contributed by atoms with Gasteiger partial charge >= 0.3 is 0 Å². The van der Waals surface area contributed by atoms with Crippen molar-refractivity contribution in [1.82, 2.24) is 9.62 Å². The lowest BCUT2D eigenvalue weighted by molar-refractivity contribution is 0.0779. The number of carbonyl (C=O) groups is 1. The van der Waals surface area contributed by atoms with E-state index in [1.807, 2.05) is 13.8 Å². The Labute approximate surface area is 130 Å². The summed E-state index contributed by atoms with van der Waals surface area (Å²) in [7, 11) is -2.29. The van der Waals surface area contributed by atoms with Gasteiger partial charge in [0.15, 0.2) is 0 Å². The maximum atomic E-state index is 13.9. The molecule has 1 aromatic rings. The summed E-state index contributed by atoms with van der Waals surface area (Å²) in [5.74, 6) is -0.887. The summed E-state index contributed by atoms with van der Waals surface area (Å²) >= 11 is 0. The van der Waals surface area contributed by atoms with Crippen LogP contribution in [0.3, 0.4) is 0 Å². The molecular formula is C15H21FN2O3S. The van der Waals surface area contributed by atoms with Gasteiger partial charge in [-0.3, -0.25) is 4.79 Å². The second kappa shape index (κ2) is 6.34. The predicted molar refractivity (Wildman–Crippen MR) is 81.5 cm³/mol. The number of halogens is 1. The van der Waals surface area contributed by atoms with Crippen LogP contribution in [0, 0.1) is 11.7 Å². The van der Waals surface area contributed by atoms with E-state index in [0.717, 1.165) is 25.0 Å². The number of benzene rings is 1. The van der Waals surface area contributed by atoms with Crippen LogP contribution in [0.25, 0.3) is 0 Å². The Morgan fingerprint density at radius 2 is 2.05 bits per heavy atom. The van der Waals surface area contributed by atoms with Crippen molar-refractivity contribution in [3.05, 3.63) is 29.6 Å². The van der Waals surface area contributed by atoms with Crippen LogP contribution < -0.4 is 4.72 Å². The van der Waals surface area contributed by atoms with Crippen LogP contribution in [-0.2, 0) is 10.0 Å². The van der Waals surface area contributed by atoms with Crippen molar-refractivity contribution in [1.29, 1.82) is 0 Å². The first-order chi connectivity index (χ1) is 10.2. The van der Waals surface area contributed by atoms with E-state index in [9.17, 15) is 17.6 Å². The first-order valence-electron chi connectivity index (χ1n) is 7.28. The molecule has 0 bridgehead atoms. The van der Waals surface area contributed by atoms with Gasteiger partial charge in [-0.15, -0.1) is 0 Å². The Bertz CT molecular complexity index is 669. The highest BCUT2D eigenvalue weighted by Gasteiger charge is 2.30. The third-order valence-corrected chi connectivity index (χ3v) is 4.89. The highest BCUT2D eigenvalue weighted by Crippen LogP contribution is 2.24. The second-order valence-electron chi connectivity index (χ2n) is 6.12. The Morgan fingerprint density at radius 1 is 1.41 bits per heavy atom. The van der Waals surface area contributed by atoms with E-state index in [1.54, 1.807) is 7.05 Å². The van der Waals surface area contributed by atoms with Crippen molar-refractivity contribution in [3.63, 3.8) is 0 Å². The number of hydrogen-bond donors (Lipinski definition) is 1. The van der Waals surface area contributed by atoms with Crippen LogP contribution in [0.5, 0.6) is 0 Å². The monoisotopic (exact) mass is 328 g/mol. The van der Waals surface area contributed by atoms with E-state index in [1.165, 1.54) is 11.0 Å². The molecule has 1 aromatic carbocycles. The SMILES string of the molecule is CC(C)CN(C)C(=O)c1ccc(F)c(S(=O)(=O)NC2CC2)c1. The summed E-state index contributed by atoms with van der Waals surface area (Å²) in [4.78, 5) is 13.3. The number of carbonyl (C=O) groups excluding carboxylic acids is 1. The maximum Gasteiger partial charge on any atom is 0.253 e. The van der Waals surface area contributed by atoms with Crippen LogP contribution in [0.2, 0.25) is 0 Å². The number of amides is 1. The van der Waals surface area contributed by atoms with Crippen molar-refractivity contribution >= 4 is 15.9 Å². The largest absolute Gasteiger partial charge is 0.341 e. The van der Waals surface area contributed by atoms with Crippen molar-refractivity contribution in [2.24, 2.45) is 5.92 Å². The van der Waals surface area contributed by atoms with Crippen molar-refractivity contribution in [2.45, 2.75) is 37.6 Å². The number of rotatable bonds is 6. The van der Waals surface area contributed by atoms with Gasteiger partial charge < -0.3 is 4.90 Å². The van der Waals surface area contributed by atoms with E-state index in [4.69, 9.17) is 0 Å². The molecule has 0 radical (unpaired) electrons. The van der Waals surface area contributed by atoms with Crippen molar-refractivity contribution < 1.29 is 17.6 Å². The zero-order valence-electron chi connectivity index (χ0n) is 13.0. The molecular weight excluding hydrogens is 307 g/mol. The highest BCUT2D eigenvalue weighted by molar-refractivity contribution is 7.89. The molecule has 5 nitrogen and oxygen atoms in total. The Balaban J connectivity index is 2.28. The third kappa shape index (κ3) is 4.04. The molecule has 0 heterocycles. The standard InChI is InChI=1S/C15H21FN2O3S/c1-10(2)9-18(3)15(19)11-4-7-13(16)14(8-11)22(20,21)17-12-5-6-12/h4,7-8,10,12,17H,5-6,9H2,1-3H3. The van der Waals surface area contributed by atoms with Crippen LogP contribution in [0.1, 0.15) is 37.0 Å². The predicted octanol–water partition coefficient (Wildman–Crippen LogP) is 1.99. The number of nitrogens with zero attached hydrogens (tertiary/aromatic N) is 1. The van der Waals surface area contributed by atoms with Crippen LogP contribution in [0.4, 0.5) is 4.39 Å². The topological polar surface area (TPSA) is 66.5 Å². The lowest BCUT2D eigenvalue weighted by Crippen LogP contribution is -2.31. The minimum Gasteiger partial charge on any atom is -0.341 e. The molecule has 1 fully saturated rings. The van der Waals surface area contributed by atoms with Crippen molar-refractivity contribution in [3.8, 4) is 0 Å². The molecule has 0 spiro atoms. The van der Waals surface area contributed by atoms with E-state index in [2.05, 4.69) is 4.72 Å². The smallest absolute Gasteiger partial charge is 0.253 e. The van der Waals surface area contributed by atoms with Gasteiger partial charge in [0.25, 0.3) is 5.91 Å². The van der Waals surface area contributed by atoms with E-state index < -0.39 is 20.7 Å². The Morgan fingerprint density at radius 3 is 2.59 bits per heavy atom. The second-order valence-corrected chi connectivity index (χ2v) is 7.80. The number of hydrogen-bond acceptors (Lipinski definition) is 3. The molecule has 0 aromatic heterocycles. The lowest BCUT2D eigenvalue weighted by Gasteiger charge is -2.19. The van der Waals surface area contributed by atoms with Crippen LogP contribution in [-0.4, -0.2) is 38.9 Å². The molecule has 1 N–H and O–H groups in total. The Kier molecular flexibility index (Phi) is 4.87. The van der Waals surface area contributed by atoms with Gasteiger partial charge in [-0.1, -0.05) is 13.8 Å². The highest BCUT2D eigenvalue weighted by atomic mass is 32.2.